The number of piperazine rings is 1. The maximum atomic E-state index is 12.2. The van der Waals surface area contributed by atoms with Crippen molar-refractivity contribution in [3.05, 3.63) is 22.7 Å². The number of nitrogens with zero attached hydrogens (tertiary/aromatic N) is 4. The first-order valence-corrected chi connectivity index (χ1v) is 6.82. The molecule has 1 N–H and O–H groups in total. The minimum Gasteiger partial charge on any atom is -0.392 e. The molecule has 0 radical (unpaired) electrons. The van der Waals surface area contributed by atoms with Crippen LogP contribution in [-0.4, -0.2) is 58.4 Å². The Morgan fingerprint density at radius 2 is 2.05 bits per heavy atom. The zero-order valence-electron chi connectivity index (χ0n) is 11.6. The summed E-state index contributed by atoms with van der Waals surface area (Å²) in [6.07, 6.45) is 3.09. The third-order valence-electron chi connectivity index (χ3n) is 3.43. The summed E-state index contributed by atoms with van der Waals surface area (Å²) in [5.74, 6) is 0.543. The molecule has 0 amide bonds. The summed E-state index contributed by atoms with van der Waals surface area (Å²) in [5.41, 5.74) is -0.0195. The highest BCUT2D eigenvalue weighted by molar-refractivity contribution is 5.36. The quantitative estimate of drug-likeness (QED) is 0.815. The summed E-state index contributed by atoms with van der Waals surface area (Å²) in [6, 6.07) is 0. The van der Waals surface area contributed by atoms with Gasteiger partial charge in [-0.15, -0.1) is 0 Å². The lowest BCUT2D eigenvalue weighted by Crippen LogP contribution is -2.50. The van der Waals surface area contributed by atoms with Gasteiger partial charge in [0.15, 0.2) is 5.82 Å². The summed E-state index contributed by atoms with van der Waals surface area (Å²) in [4.78, 5) is 20.6. The van der Waals surface area contributed by atoms with Crippen molar-refractivity contribution < 1.29 is 5.11 Å². The van der Waals surface area contributed by atoms with Crippen molar-refractivity contribution >= 4 is 5.82 Å². The fourth-order valence-corrected chi connectivity index (χ4v) is 2.42. The van der Waals surface area contributed by atoms with Gasteiger partial charge in [0.05, 0.1) is 6.10 Å². The Morgan fingerprint density at radius 1 is 1.37 bits per heavy atom. The van der Waals surface area contributed by atoms with E-state index in [1.807, 2.05) is 11.8 Å². The molecule has 0 spiro atoms. The molecule has 2 rings (SSSR count). The number of hydrogen-bond donors (Lipinski definition) is 1. The molecule has 0 unspecified atom stereocenters. The Labute approximate surface area is 113 Å². The van der Waals surface area contributed by atoms with E-state index < -0.39 is 0 Å². The molecule has 0 aromatic carbocycles. The molecule has 0 aliphatic carbocycles. The monoisotopic (exact) mass is 266 g/mol. The molecule has 1 saturated heterocycles. The Balaban J connectivity index is 2.04. The first-order valence-electron chi connectivity index (χ1n) is 6.82. The Morgan fingerprint density at radius 3 is 2.63 bits per heavy atom. The molecule has 106 valence electrons. The molecular weight excluding hydrogens is 244 g/mol. The second kappa shape index (κ2) is 6.16. The smallest absolute Gasteiger partial charge is 0.293 e. The highest BCUT2D eigenvalue weighted by Gasteiger charge is 2.21. The van der Waals surface area contributed by atoms with E-state index in [1.165, 1.54) is 0 Å². The fraction of sp³-hybridized carbons (Fsp3) is 0.692. The zero-order valence-corrected chi connectivity index (χ0v) is 11.6. The van der Waals surface area contributed by atoms with E-state index in [0.29, 0.717) is 18.9 Å². The summed E-state index contributed by atoms with van der Waals surface area (Å²) in [6.45, 7) is 8.37. The van der Waals surface area contributed by atoms with Gasteiger partial charge in [-0.1, -0.05) is 0 Å². The second-order valence-corrected chi connectivity index (χ2v) is 4.98. The van der Waals surface area contributed by atoms with Gasteiger partial charge in [0.2, 0.25) is 0 Å². The van der Waals surface area contributed by atoms with E-state index in [2.05, 4.69) is 9.88 Å². The van der Waals surface area contributed by atoms with Gasteiger partial charge < -0.3 is 14.6 Å². The third kappa shape index (κ3) is 3.33. The first kappa shape index (κ1) is 14.0. The SMILES string of the molecule is CCn1ccnc(N2CCN(C[C@@H](C)O)CC2)c1=O. The first-order chi connectivity index (χ1) is 9.11. The topological polar surface area (TPSA) is 61.6 Å². The summed E-state index contributed by atoms with van der Waals surface area (Å²) < 4.78 is 1.67. The average Bonchev–Trinajstić information content (AvgIpc) is 2.39. The van der Waals surface area contributed by atoms with E-state index in [-0.39, 0.29) is 11.7 Å². The van der Waals surface area contributed by atoms with Gasteiger partial charge in [-0.3, -0.25) is 9.69 Å². The number of aryl methyl sites for hydroxylation is 1. The highest BCUT2D eigenvalue weighted by Crippen LogP contribution is 2.09. The normalized spacial score (nSPS) is 18.6. The lowest BCUT2D eigenvalue weighted by Gasteiger charge is -2.35. The minimum atomic E-state index is -0.307. The number of rotatable bonds is 4. The third-order valence-corrected chi connectivity index (χ3v) is 3.43. The van der Waals surface area contributed by atoms with Crippen LogP contribution in [0.5, 0.6) is 0 Å². The molecule has 1 fully saturated rings. The molecule has 19 heavy (non-hydrogen) atoms. The number of aromatic nitrogens is 2. The molecule has 1 aromatic heterocycles. The van der Waals surface area contributed by atoms with Crippen LogP contribution in [0.1, 0.15) is 13.8 Å². The van der Waals surface area contributed by atoms with Crippen molar-refractivity contribution in [3.63, 3.8) is 0 Å². The predicted octanol–water partition coefficient (Wildman–Crippen LogP) is -0.234. The van der Waals surface area contributed by atoms with Crippen molar-refractivity contribution in [2.24, 2.45) is 0 Å². The van der Waals surface area contributed by atoms with Crippen molar-refractivity contribution in [2.45, 2.75) is 26.5 Å². The summed E-state index contributed by atoms with van der Waals surface area (Å²) in [7, 11) is 0. The zero-order chi connectivity index (χ0) is 13.8. The van der Waals surface area contributed by atoms with Crippen molar-refractivity contribution in [3.8, 4) is 0 Å². The van der Waals surface area contributed by atoms with Crippen LogP contribution in [0.15, 0.2) is 17.2 Å². The Bertz CT molecular complexity index is 464. The lowest BCUT2D eigenvalue weighted by atomic mass is 10.3. The van der Waals surface area contributed by atoms with Crippen LogP contribution in [0, 0.1) is 0 Å². The van der Waals surface area contributed by atoms with Gasteiger partial charge in [0, 0.05) is 51.7 Å². The van der Waals surface area contributed by atoms with Crippen LogP contribution in [0.4, 0.5) is 5.82 Å². The molecule has 1 atom stereocenters. The van der Waals surface area contributed by atoms with E-state index >= 15 is 0 Å². The van der Waals surface area contributed by atoms with Crippen LogP contribution >= 0.6 is 0 Å². The summed E-state index contributed by atoms with van der Waals surface area (Å²) >= 11 is 0. The van der Waals surface area contributed by atoms with Crippen LogP contribution in [0.25, 0.3) is 0 Å². The number of anilines is 1. The molecule has 6 nitrogen and oxygen atoms in total. The molecule has 6 heteroatoms. The van der Waals surface area contributed by atoms with Crippen molar-refractivity contribution in [1.82, 2.24) is 14.5 Å². The molecule has 0 saturated carbocycles. The Kier molecular flexibility index (Phi) is 4.55. The number of aliphatic hydroxyl groups excluding tert-OH is 1. The van der Waals surface area contributed by atoms with Gasteiger partial charge in [0.25, 0.3) is 5.56 Å². The average molecular weight is 266 g/mol. The summed E-state index contributed by atoms with van der Waals surface area (Å²) in [5, 5.41) is 9.38. The maximum absolute atomic E-state index is 12.2. The van der Waals surface area contributed by atoms with Gasteiger partial charge in [0.1, 0.15) is 0 Å². The van der Waals surface area contributed by atoms with Crippen molar-refractivity contribution in [2.75, 3.05) is 37.6 Å². The van der Waals surface area contributed by atoms with Gasteiger partial charge in [-0.2, -0.15) is 0 Å². The van der Waals surface area contributed by atoms with Crippen LogP contribution < -0.4 is 10.5 Å². The molecule has 0 bridgehead atoms. The Hall–Kier alpha value is -1.40. The standard InChI is InChI=1S/C13H22N4O2/c1-3-16-5-4-14-12(13(16)19)17-8-6-15(7-9-17)10-11(2)18/h4-5,11,18H,3,6-10H2,1-2H3/t11-/m1/s1. The lowest BCUT2D eigenvalue weighted by molar-refractivity contribution is 0.122. The molecule has 1 aliphatic rings. The minimum absolute atomic E-state index is 0.0195. The maximum Gasteiger partial charge on any atom is 0.293 e. The molecule has 2 heterocycles. The van der Waals surface area contributed by atoms with E-state index in [1.54, 1.807) is 23.9 Å². The number of β-amino-alcohol motifs (C(OH)–C–C–N with tert-alkyl or cyclic N) is 1. The molecule has 1 aliphatic heterocycles. The van der Waals surface area contributed by atoms with E-state index in [4.69, 9.17) is 0 Å². The highest BCUT2D eigenvalue weighted by atomic mass is 16.3. The van der Waals surface area contributed by atoms with Crippen LogP contribution in [0.2, 0.25) is 0 Å². The number of hydrogen-bond acceptors (Lipinski definition) is 5. The molecule has 1 aromatic rings. The molecular formula is C13H22N4O2. The largest absolute Gasteiger partial charge is 0.392 e. The predicted molar refractivity (Wildman–Crippen MR) is 74.5 cm³/mol. The van der Waals surface area contributed by atoms with Crippen LogP contribution in [0.3, 0.4) is 0 Å². The fourth-order valence-electron chi connectivity index (χ4n) is 2.42. The van der Waals surface area contributed by atoms with E-state index in [0.717, 1.165) is 26.2 Å². The van der Waals surface area contributed by atoms with Crippen LogP contribution in [-0.2, 0) is 6.54 Å². The number of aliphatic hydroxyl groups is 1. The van der Waals surface area contributed by atoms with Gasteiger partial charge >= 0.3 is 0 Å². The van der Waals surface area contributed by atoms with E-state index in [9.17, 15) is 9.90 Å². The van der Waals surface area contributed by atoms with Gasteiger partial charge in [-0.05, 0) is 13.8 Å². The second-order valence-electron chi connectivity index (χ2n) is 4.98. The van der Waals surface area contributed by atoms with Crippen molar-refractivity contribution in [1.29, 1.82) is 0 Å². The van der Waals surface area contributed by atoms with Gasteiger partial charge in [-0.25, -0.2) is 4.98 Å².